The number of nitrogens with zero attached hydrogens (tertiary/aromatic N) is 1. The predicted octanol–water partition coefficient (Wildman–Crippen LogP) is 3.74. The van der Waals surface area contributed by atoms with Crippen molar-refractivity contribution in [2.24, 2.45) is 0 Å². The molecule has 0 bridgehead atoms. The molecule has 1 aliphatic rings. The van der Waals surface area contributed by atoms with Crippen LogP contribution in [0.5, 0.6) is 0 Å². The van der Waals surface area contributed by atoms with E-state index in [0.29, 0.717) is 0 Å². The van der Waals surface area contributed by atoms with Crippen LogP contribution in [0.4, 0.5) is 5.69 Å². The number of rotatable bonds is 7. The molecule has 2 nitrogen and oxygen atoms in total. The minimum absolute atomic E-state index is 0.800. The quantitative estimate of drug-likeness (QED) is 0.751. The fourth-order valence-electron chi connectivity index (χ4n) is 2.93. The summed E-state index contributed by atoms with van der Waals surface area (Å²) < 4.78 is 0. The van der Waals surface area contributed by atoms with Gasteiger partial charge < -0.3 is 10.2 Å². The van der Waals surface area contributed by atoms with Gasteiger partial charge in [-0.15, -0.1) is 0 Å². The van der Waals surface area contributed by atoms with Gasteiger partial charge in [0.05, 0.1) is 0 Å². The maximum absolute atomic E-state index is 3.69. The Labute approximate surface area is 118 Å². The van der Waals surface area contributed by atoms with E-state index in [4.69, 9.17) is 0 Å². The van der Waals surface area contributed by atoms with E-state index in [2.05, 4.69) is 48.3 Å². The molecule has 0 unspecified atom stereocenters. The molecule has 0 atom stereocenters. The highest BCUT2D eigenvalue weighted by atomic mass is 15.1. The van der Waals surface area contributed by atoms with E-state index in [1.807, 2.05) is 0 Å². The van der Waals surface area contributed by atoms with Crippen molar-refractivity contribution in [2.45, 2.75) is 52.0 Å². The third-order valence-electron chi connectivity index (χ3n) is 4.17. The van der Waals surface area contributed by atoms with Crippen molar-refractivity contribution in [1.29, 1.82) is 0 Å². The van der Waals surface area contributed by atoms with Crippen LogP contribution >= 0.6 is 0 Å². The summed E-state index contributed by atoms with van der Waals surface area (Å²) in [5, 5.41) is 3.69. The van der Waals surface area contributed by atoms with Crippen LogP contribution in [0.1, 0.15) is 44.6 Å². The van der Waals surface area contributed by atoms with Gasteiger partial charge in [-0.1, -0.05) is 30.5 Å². The molecule has 0 aromatic heterocycles. The molecule has 2 rings (SSSR count). The lowest BCUT2D eigenvalue weighted by molar-refractivity contribution is 0.514. The first-order chi connectivity index (χ1) is 9.29. The van der Waals surface area contributed by atoms with Crippen LogP contribution in [0, 0.1) is 6.92 Å². The summed E-state index contributed by atoms with van der Waals surface area (Å²) in [5.41, 5.74) is 2.69. The van der Waals surface area contributed by atoms with Gasteiger partial charge in [-0.3, -0.25) is 0 Å². The van der Waals surface area contributed by atoms with Gasteiger partial charge in [0.2, 0.25) is 0 Å². The number of nitrogens with one attached hydrogen (secondary N) is 1. The smallest absolute Gasteiger partial charge is 0.0366 e. The first kappa shape index (κ1) is 14.4. The van der Waals surface area contributed by atoms with Gasteiger partial charge in [-0.2, -0.15) is 0 Å². The van der Waals surface area contributed by atoms with Gasteiger partial charge in [0.25, 0.3) is 0 Å². The standard InChI is InChI=1S/C17H28N2/c1-3-19(17-11-9-15(2)10-12-17)14-6-13-18-16-7-4-5-8-16/h9-12,16,18H,3-8,13-14H2,1-2H3. The minimum atomic E-state index is 0.800. The lowest BCUT2D eigenvalue weighted by Crippen LogP contribution is -2.31. The summed E-state index contributed by atoms with van der Waals surface area (Å²) in [4.78, 5) is 2.47. The summed E-state index contributed by atoms with van der Waals surface area (Å²) in [5.74, 6) is 0. The molecular formula is C17H28N2. The Hall–Kier alpha value is -1.02. The molecule has 1 N–H and O–H groups in total. The molecule has 19 heavy (non-hydrogen) atoms. The fourth-order valence-corrected chi connectivity index (χ4v) is 2.93. The first-order valence-corrected chi connectivity index (χ1v) is 7.84. The normalized spacial score (nSPS) is 15.9. The third-order valence-corrected chi connectivity index (χ3v) is 4.17. The zero-order valence-corrected chi connectivity index (χ0v) is 12.5. The molecular weight excluding hydrogens is 232 g/mol. The van der Waals surface area contributed by atoms with Gasteiger partial charge in [0.1, 0.15) is 0 Å². The zero-order valence-electron chi connectivity index (χ0n) is 12.5. The number of hydrogen-bond acceptors (Lipinski definition) is 2. The Kier molecular flexibility index (Phi) is 5.71. The van der Waals surface area contributed by atoms with Crippen molar-refractivity contribution >= 4 is 5.69 Å². The maximum atomic E-state index is 3.69. The topological polar surface area (TPSA) is 15.3 Å². The zero-order chi connectivity index (χ0) is 13.5. The monoisotopic (exact) mass is 260 g/mol. The molecule has 1 aliphatic carbocycles. The molecule has 1 aromatic carbocycles. The lowest BCUT2D eigenvalue weighted by atomic mass is 10.2. The number of hydrogen-bond donors (Lipinski definition) is 1. The van der Waals surface area contributed by atoms with Crippen molar-refractivity contribution in [3.63, 3.8) is 0 Å². The van der Waals surface area contributed by atoms with Crippen molar-refractivity contribution in [3.8, 4) is 0 Å². The summed E-state index contributed by atoms with van der Waals surface area (Å²) in [6, 6.07) is 9.69. The van der Waals surface area contributed by atoms with Gasteiger partial charge in [-0.25, -0.2) is 0 Å². The summed E-state index contributed by atoms with van der Waals surface area (Å²) in [6.45, 7) is 7.79. The maximum Gasteiger partial charge on any atom is 0.0366 e. The minimum Gasteiger partial charge on any atom is -0.372 e. The number of anilines is 1. The summed E-state index contributed by atoms with van der Waals surface area (Å²) >= 11 is 0. The van der Waals surface area contributed by atoms with Crippen molar-refractivity contribution in [3.05, 3.63) is 29.8 Å². The fraction of sp³-hybridized carbons (Fsp3) is 0.647. The SMILES string of the molecule is CCN(CCCNC1CCCC1)c1ccc(C)cc1. The predicted molar refractivity (Wildman–Crippen MR) is 83.9 cm³/mol. The van der Waals surface area contributed by atoms with Crippen molar-refractivity contribution in [1.82, 2.24) is 5.32 Å². The van der Waals surface area contributed by atoms with Crippen LogP contribution in [0.15, 0.2) is 24.3 Å². The Bertz CT molecular complexity index is 352. The molecule has 106 valence electrons. The Morgan fingerprint density at radius 2 is 1.84 bits per heavy atom. The number of benzene rings is 1. The summed E-state index contributed by atoms with van der Waals surface area (Å²) in [7, 11) is 0. The third kappa shape index (κ3) is 4.54. The number of aryl methyl sites for hydroxylation is 1. The highest BCUT2D eigenvalue weighted by Crippen LogP contribution is 2.18. The Balaban J connectivity index is 1.71. The summed E-state index contributed by atoms with van der Waals surface area (Å²) in [6.07, 6.45) is 6.84. The lowest BCUT2D eigenvalue weighted by Gasteiger charge is -2.23. The van der Waals surface area contributed by atoms with Crippen molar-refractivity contribution < 1.29 is 0 Å². The Morgan fingerprint density at radius 3 is 2.47 bits per heavy atom. The average molecular weight is 260 g/mol. The van der Waals surface area contributed by atoms with Crippen LogP contribution in [0.2, 0.25) is 0 Å². The molecule has 1 fully saturated rings. The second-order valence-corrected chi connectivity index (χ2v) is 5.70. The van der Waals surface area contributed by atoms with E-state index >= 15 is 0 Å². The van der Waals surface area contributed by atoms with Gasteiger partial charge in [-0.05, 0) is 51.8 Å². The van der Waals surface area contributed by atoms with Gasteiger partial charge in [0.15, 0.2) is 0 Å². The second kappa shape index (κ2) is 7.54. The van der Waals surface area contributed by atoms with E-state index in [1.165, 1.54) is 43.4 Å². The van der Waals surface area contributed by atoms with Crippen LogP contribution in [-0.2, 0) is 0 Å². The average Bonchev–Trinajstić information content (AvgIpc) is 2.93. The highest BCUT2D eigenvalue weighted by molar-refractivity contribution is 5.47. The van der Waals surface area contributed by atoms with Gasteiger partial charge >= 0.3 is 0 Å². The van der Waals surface area contributed by atoms with E-state index in [0.717, 1.165) is 25.7 Å². The van der Waals surface area contributed by atoms with Crippen LogP contribution in [-0.4, -0.2) is 25.7 Å². The van der Waals surface area contributed by atoms with E-state index < -0.39 is 0 Å². The largest absolute Gasteiger partial charge is 0.372 e. The molecule has 1 aromatic rings. The van der Waals surface area contributed by atoms with E-state index in [9.17, 15) is 0 Å². The molecule has 0 spiro atoms. The molecule has 0 radical (unpaired) electrons. The van der Waals surface area contributed by atoms with Crippen LogP contribution < -0.4 is 10.2 Å². The Morgan fingerprint density at radius 1 is 1.16 bits per heavy atom. The molecule has 2 heteroatoms. The molecule has 0 aliphatic heterocycles. The van der Waals surface area contributed by atoms with E-state index in [1.54, 1.807) is 0 Å². The van der Waals surface area contributed by atoms with Crippen LogP contribution in [0.25, 0.3) is 0 Å². The first-order valence-electron chi connectivity index (χ1n) is 7.84. The molecule has 0 saturated heterocycles. The second-order valence-electron chi connectivity index (χ2n) is 5.70. The van der Waals surface area contributed by atoms with Gasteiger partial charge in [0, 0.05) is 24.8 Å². The molecule has 1 saturated carbocycles. The highest BCUT2D eigenvalue weighted by Gasteiger charge is 2.13. The molecule has 0 amide bonds. The van der Waals surface area contributed by atoms with Crippen molar-refractivity contribution in [2.75, 3.05) is 24.5 Å². The van der Waals surface area contributed by atoms with Crippen LogP contribution in [0.3, 0.4) is 0 Å². The van der Waals surface area contributed by atoms with E-state index in [-0.39, 0.29) is 0 Å². The molecule has 0 heterocycles.